The fourth-order valence-corrected chi connectivity index (χ4v) is 0.833. The van der Waals surface area contributed by atoms with Gasteiger partial charge in [0, 0.05) is 0 Å². The monoisotopic (exact) mass is 138 g/mol. The summed E-state index contributed by atoms with van der Waals surface area (Å²) in [7, 11) is 0. The number of allylic oxidation sites excluding steroid dienone is 4. The van der Waals surface area contributed by atoms with Crippen molar-refractivity contribution in [3.8, 4) is 0 Å². The normalized spacial score (nSPS) is 15.1. The second kappa shape index (κ2) is 6.60. The van der Waals surface area contributed by atoms with Crippen molar-refractivity contribution in [3.05, 3.63) is 24.3 Å². The molecule has 0 heteroatoms. The Morgan fingerprint density at radius 2 is 1.40 bits per heavy atom. The smallest absolute Gasteiger partial charge is 0.0322 e. The van der Waals surface area contributed by atoms with Gasteiger partial charge in [0.15, 0.2) is 0 Å². The summed E-state index contributed by atoms with van der Waals surface area (Å²) in [5.41, 5.74) is 0. The van der Waals surface area contributed by atoms with Crippen LogP contribution in [-0.2, 0) is 0 Å². The van der Waals surface area contributed by atoms with Crippen molar-refractivity contribution >= 4 is 0 Å². The van der Waals surface area contributed by atoms with Crippen molar-refractivity contribution in [1.29, 1.82) is 0 Å². The molecule has 0 aromatic carbocycles. The van der Waals surface area contributed by atoms with E-state index in [0.29, 0.717) is 0 Å². The third-order valence-electron chi connectivity index (χ3n) is 1.55. The van der Waals surface area contributed by atoms with Crippen LogP contribution in [-0.4, -0.2) is 0 Å². The van der Waals surface area contributed by atoms with Crippen molar-refractivity contribution in [1.82, 2.24) is 0 Å². The van der Waals surface area contributed by atoms with E-state index in [1.807, 2.05) is 0 Å². The molecule has 0 nitrogen and oxygen atoms in total. The molecule has 0 aliphatic carbocycles. The summed E-state index contributed by atoms with van der Waals surface area (Å²) < 4.78 is 0. The summed E-state index contributed by atoms with van der Waals surface area (Å²) in [6.07, 6.45) is 11.1. The summed E-state index contributed by atoms with van der Waals surface area (Å²) >= 11 is 0. The molecule has 0 amide bonds. The predicted octanol–water partition coefficient (Wildman–Crippen LogP) is 3.55. The zero-order valence-electron chi connectivity index (χ0n) is 7.30. The maximum atomic E-state index is 2.28. The zero-order valence-corrected chi connectivity index (χ0v) is 7.30. The summed E-state index contributed by atoms with van der Waals surface area (Å²) in [5, 5.41) is 0. The molecule has 0 aromatic rings. The predicted molar refractivity (Wildman–Crippen MR) is 48.0 cm³/mol. The van der Waals surface area contributed by atoms with Gasteiger partial charge < -0.3 is 0 Å². The molecule has 0 atom stereocenters. The molecule has 0 saturated carbocycles. The second-order valence-corrected chi connectivity index (χ2v) is 2.71. The summed E-state index contributed by atoms with van der Waals surface area (Å²) in [5.74, 6) is 0.799. The molecule has 0 N–H and O–H groups in total. The van der Waals surface area contributed by atoms with Crippen molar-refractivity contribution in [2.24, 2.45) is 5.92 Å². The van der Waals surface area contributed by atoms with Crippen LogP contribution in [0.15, 0.2) is 24.3 Å². The van der Waals surface area contributed by atoms with Gasteiger partial charge in [0.05, 0.1) is 0 Å². The van der Waals surface area contributed by atoms with E-state index in [1.54, 1.807) is 0 Å². The second-order valence-electron chi connectivity index (χ2n) is 2.71. The Bertz CT molecular complexity index is 95.2. The Balaban J connectivity index is 3.33. The highest BCUT2D eigenvalue weighted by Gasteiger charge is 1.93. The number of hydrogen-bond donors (Lipinski definition) is 0. The highest BCUT2D eigenvalue weighted by Crippen LogP contribution is 2.08. The Hall–Kier alpha value is -0.520. The minimum Gasteiger partial charge on any atom is -0.0917 e. The third kappa shape index (κ3) is 5.61. The van der Waals surface area contributed by atoms with E-state index in [2.05, 4.69) is 45.1 Å². The average Bonchev–Trinajstić information content (AvgIpc) is 1.97. The van der Waals surface area contributed by atoms with Crippen LogP contribution in [0.25, 0.3) is 0 Å². The van der Waals surface area contributed by atoms with E-state index in [1.165, 1.54) is 12.8 Å². The lowest BCUT2D eigenvalue weighted by atomic mass is 10.0. The molecular weight excluding hydrogens is 120 g/mol. The van der Waals surface area contributed by atoms with E-state index in [9.17, 15) is 0 Å². The molecule has 0 fully saturated rings. The first-order valence-electron chi connectivity index (χ1n) is 4.03. The van der Waals surface area contributed by atoms with Crippen molar-refractivity contribution in [2.75, 3.05) is 0 Å². The molecule has 10 heavy (non-hydrogen) atoms. The number of hydrogen-bond acceptors (Lipinski definition) is 0. The fraction of sp³-hybridized carbons (Fsp3) is 0.600. The fourth-order valence-electron chi connectivity index (χ4n) is 0.833. The molecule has 0 aliphatic rings. The molecule has 0 spiro atoms. The van der Waals surface area contributed by atoms with Gasteiger partial charge >= 0.3 is 0 Å². The van der Waals surface area contributed by atoms with Crippen LogP contribution in [0.5, 0.6) is 0 Å². The highest BCUT2D eigenvalue weighted by atomic mass is 14.0. The lowest BCUT2D eigenvalue weighted by molar-refractivity contribution is 0.602. The molecule has 0 saturated heterocycles. The molecule has 0 bridgehead atoms. The van der Waals surface area contributed by atoms with Crippen molar-refractivity contribution in [3.63, 3.8) is 0 Å². The third-order valence-corrected chi connectivity index (χ3v) is 1.55. The molecule has 0 unspecified atom stereocenters. The summed E-state index contributed by atoms with van der Waals surface area (Å²) in [6.45, 7) is 6.42. The van der Waals surface area contributed by atoms with Gasteiger partial charge in [-0.1, -0.05) is 31.2 Å². The lowest BCUT2D eigenvalue weighted by Gasteiger charge is -2.02. The standard InChI is InChI=1S/C10H18/c1-4-6-8-10(3)9-7-5-2/h4-7,10H,8-9H2,1-3H3. The molecule has 0 aliphatic heterocycles. The van der Waals surface area contributed by atoms with Crippen LogP contribution < -0.4 is 0 Å². The van der Waals surface area contributed by atoms with Crippen LogP contribution in [0.1, 0.15) is 33.6 Å². The molecule has 0 rings (SSSR count). The maximum Gasteiger partial charge on any atom is -0.0322 e. The first-order chi connectivity index (χ1) is 4.81. The van der Waals surface area contributed by atoms with Crippen molar-refractivity contribution < 1.29 is 0 Å². The van der Waals surface area contributed by atoms with Gasteiger partial charge in [0.1, 0.15) is 0 Å². The Morgan fingerprint density at radius 1 is 1.00 bits per heavy atom. The first kappa shape index (κ1) is 9.48. The van der Waals surface area contributed by atoms with Gasteiger partial charge in [-0.05, 0) is 32.6 Å². The lowest BCUT2D eigenvalue weighted by Crippen LogP contribution is -1.88. The summed E-state index contributed by atoms with van der Waals surface area (Å²) in [4.78, 5) is 0. The molecule has 0 aromatic heterocycles. The first-order valence-corrected chi connectivity index (χ1v) is 4.03. The van der Waals surface area contributed by atoms with Crippen LogP contribution in [0, 0.1) is 5.92 Å². The van der Waals surface area contributed by atoms with Gasteiger partial charge in [-0.2, -0.15) is 0 Å². The summed E-state index contributed by atoms with van der Waals surface area (Å²) in [6, 6.07) is 0. The van der Waals surface area contributed by atoms with Gasteiger partial charge in [0.2, 0.25) is 0 Å². The van der Waals surface area contributed by atoms with Crippen LogP contribution >= 0.6 is 0 Å². The largest absolute Gasteiger partial charge is 0.0917 e. The van der Waals surface area contributed by atoms with E-state index in [0.717, 1.165) is 5.92 Å². The minimum absolute atomic E-state index is 0.799. The Labute approximate surface area is 64.6 Å². The average molecular weight is 138 g/mol. The van der Waals surface area contributed by atoms with E-state index >= 15 is 0 Å². The van der Waals surface area contributed by atoms with Crippen LogP contribution in [0.3, 0.4) is 0 Å². The quantitative estimate of drug-likeness (QED) is 0.521. The molecule has 0 heterocycles. The molecule has 0 radical (unpaired) electrons. The van der Waals surface area contributed by atoms with E-state index in [-0.39, 0.29) is 0 Å². The minimum atomic E-state index is 0.799. The maximum absolute atomic E-state index is 2.28. The van der Waals surface area contributed by atoms with Gasteiger partial charge in [-0.15, -0.1) is 0 Å². The highest BCUT2D eigenvalue weighted by molar-refractivity contribution is 4.84. The Kier molecular flexibility index (Phi) is 6.25. The zero-order chi connectivity index (χ0) is 7.82. The SMILES string of the molecule is CC=CCC(C)CC=CC. The van der Waals surface area contributed by atoms with E-state index < -0.39 is 0 Å². The molecule has 58 valence electrons. The van der Waals surface area contributed by atoms with E-state index in [4.69, 9.17) is 0 Å². The molecular formula is C10H18. The van der Waals surface area contributed by atoms with Gasteiger partial charge in [-0.25, -0.2) is 0 Å². The van der Waals surface area contributed by atoms with Gasteiger partial charge in [-0.3, -0.25) is 0 Å². The number of rotatable bonds is 4. The van der Waals surface area contributed by atoms with Crippen LogP contribution in [0.2, 0.25) is 0 Å². The topological polar surface area (TPSA) is 0 Å². The van der Waals surface area contributed by atoms with Crippen LogP contribution in [0.4, 0.5) is 0 Å². The Morgan fingerprint density at radius 3 is 1.70 bits per heavy atom. The van der Waals surface area contributed by atoms with Gasteiger partial charge in [0.25, 0.3) is 0 Å². The van der Waals surface area contributed by atoms with Crippen molar-refractivity contribution in [2.45, 2.75) is 33.6 Å².